The minimum atomic E-state index is -0.249. The van der Waals surface area contributed by atoms with E-state index in [0.29, 0.717) is 11.3 Å². The third-order valence-corrected chi connectivity index (χ3v) is 3.67. The molecule has 0 radical (unpaired) electrons. The number of pyridine rings is 1. The zero-order valence-electron chi connectivity index (χ0n) is 13.0. The molecule has 0 aliphatic rings. The minimum absolute atomic E-state index is 0.249. The van der Waals surface area contributed by atoms with Crippen LogP contribution in [0, 0.1) is 0 Å². The van der Waals surface area contributed by atoms with Gasteiger partial charge in [0.25, 0.3) is 0 Å². The van der Waals surface area contributed by atoms with Gasteiger partial charge in [-0.05, 0) is 29.8 Å². The fraction of sp³-hybridized carbons (Fsp3) is 0. The number of hydrogen-bond donors (Lipinski definition) is 2. The summed E-state index contributed by atoms with van der Waals surface area (Å²) in [7, 11) is 0. The average molecular weight is 331 g/mol. The summed E-state index contributed by atoms with van der Waals surface area (Å²) >= 11 is 0. The van der Waals surface area contributed by atoms with E-state index in [1.54, 1.807) is 49.1 Å². The quantitative estimate of drug-likeness (QED) is 0.559. The number of hydrogen-bond acceptors (Lipinski definition) is 5. The van der Waals surface area contributed by atoms with Crippen LogP contribution in [0.2, 0.25) is 0 Å². The monoisotopic (exact) mass is 331 g/mol. The fourth-order valence-electron chi connectivity index (χ4n) is 2.48. The highest BCUT2D eigenvalue weighted by Gasteiger charge is 2.05. The molecule has 122 valence electrons. The van der Waals surface area contributed by atoms with Crippen molar-refractivity contribution in [2.75, 3.05) is 5.32 Å². The van der Waals surface area contributed by atoms with Crippen LogP contribution in [0.4, 0.5) is 5.69 Å². The predicted molar refractivity (Wildman–Crippen MR) is 93.5 cm³/mol. The van der Waals surface area contributed by atoms with Crippen LogP contribution in [0.15, 0.2) is 65.9 Å². The summed E-state index contributed by atoms with van der Waals surface area (Å²) in [5.74, 6) is -0.249. The van der Waals surface area contributed by atoms with Gasteiger partial charge in [0.2, 0.25) is 5.91 Å². The van der Waals surface area contributed by atoms with Gasteiger partial charge in [0.15, 0.2) is 12.0 Å². The van der Waals surface area contributed by atoms with Crippen molar-refractivity contribution in [3.05, 3.63) is 67.1 Å². The Morgan fingerprint density at radius 1 is 1.24 bits per heavy atom. The summed E-state index contributed by atoms with van der Waals surface area (Å²) in [5, 5.41) is 9.52. The number of nitrogens with one attached hydrogen (secondary N) is 2. The smallest absolute Gasteiger partial charge is 0.248 e. The zero-order valence-corrected chi connectivity index (χ0v) is 13.0. The number of oxazole rings is 1. The molecule has 0 aliphatic carbocycles. The number of amides is 1. The van der Waals surface area contributed by atoms with Crippen molar-refractivity contribution in [2.45, 2.75) is 0 Å². The van der Waals surface area contributed by atoms with Gasteiger partial charge in [-0.2, -0.15) is 5.10 Å². The molecule has 1 amide bonds. The van der Waals surface area contributed by atoms with Gasteiger partial charge in [0, 0.05) is 47.5 Å². The molecule has 3 aromatic heterocycles. The van der Waals surface area contributed by atoms with E-state index >= 15 is 0 Å². The second-order valence-corrected chi connectivity index (χ2v) is 5.31. The maximum atomic E-state index is 12.2. The zero-order chi connectivity index (χ0) is 17.1. The van der Waals surface area contributed by atoms with Gasteiger partial charge in [0.05, 0.1) is 6.20 Å². The van der Waals surface area contributed by atoms with Gasteiger partial charge in [-0.15, -0.1) is 0 Å². The number of nitrogens with zero attached hydrogens (tertiary/aromatic N) is 3. The first-order chi connectivity index (χ1) is 12.3. The summed E-state index contributed by atoms with van der Waals surface area (Å²) in [5.41, 5.74) is 4.70. The molecule has 0 unspecified atom stereocenters. The SMILES string of the molecule is O=C(/C=C/c1cnccc1-c1cn[nH]c1)Nc1ccc2ncoc2c1. The highest BCUT2D eigenvalue weighted by molar-refractivity contribution is 6.03. The number of aromatic nitrogens is 4. The molecule has 4 aromatic rings. The molecule has 1 aromatic carbocycles. The number of fused-ring (bicyclic) bond motifs is 1. The lowest BCUT2D eigenvalue weighted by Gasteiger charge is -2.03. The van der Waals surface area contributed by atoms with Crippen LogP contribution < -0.4 is 5.32 Å². The van der Waals surface area contributed by atoms with E-state index in [1.165, 1.54) is 12.5 Å². The molecular weight excluding hydrogens is 318 g/mol. The van der Waals surface area contributed by atoms with E-state index < -0.39 is 0 Å². The van der Waals surface area contributed by atoms with Gasteiger partial charge in [-0.25, -0.2) is 4.98 Å². The van der Waals surface area contributed by atoms with Crippen LogP contribution in [0.5, 0.6) is 0 Å². The van der Waals surface area contributed by atoms with Gasteiger partial charge in [0.1, 0.15) is 5.52 Å². The third kappa shape index (κ3) is 3.16. The molecule has 0 aliphatic heterocycles. The molecule has 3 heterocycles. The van der Waals surface area contributed by atoms with E-state index in [4.69, 9.17) is 4.42 Å². The Morgan fingerprint density at radius 3 is 3.08 bits per heavy atom. The molecule has 0 spiro atoms. The van der Waals surface area contributed by atoms with Crippen LogP contribution in [0.1, 0.15) is 5.56 Å². The summed E-state index contributed by atoms with van der Waals surface area (Å²) < 4.78 is 5.23. The lowest BCUT2D eigenvalue weighted by atomic mass is 10.0. The molecule has 0 saturated carbocycles. The van der Waals surface area contributed by atoms with Crippen molar-refractivity contribution in [1.29, 1.82) is 0 Å². The van der Waals surface area contributed by atoms with E-state index in [-0.39, 0.29) is 5.91 Å². The molecule has 0 atom stereocenters. The molecular formula is C18H13N5O2. The maximum absolute atomic E-state index is 12.2. The second-order valence-electron chi connectivity index (χ2n) is 5.31. The molecule has 2 N–H and O–H groups in total. The molecule has 4 rings (SSSR count). The Kier molecular flexibility index (Phi) is 3.80. The van der Waals surface area contributed by atoms with Crippen molar-refractivity contribution in [3.63, 3.8) is 0 Å². The maximum Gasteiger partial charge on any atom is 0.248 e. The number of anilines is 1. The van der Waals surface area contributed by atoms with E-state index in [1.807, 2.05) is 6.07 Å². The normalized spacial score (nSPS) is 11.2. The Labute approximate surface area is 142 Å². The lowest BCUT2D eigenvalue weighted by molar-refractivity contribution is -0.111. The largest absolute Gasteiger partial charge is 0.443 e. The standard InChI is InChI=1S/C18H13N5O2/c24-18(23-14-2-3-16-17(7-14)25-11-20-16)4-1-12-8-19-6-5-15(12)13-9-21-22-10-13/h1-11H,(H,21,22)(H,23,24)/b4-1+. The number of carbonyl (C=O) groups is 1. The van der Waals surface area contributed by atoms with E-state index in [2.05, 4.69) is 25.5 Å². The molecule has 7 heteroatoms. The van der Waals surface area contributed by atoms with Gasteiger partial charge < -0.3 is 9.73 Å². The van der Waals surface area contributed by atoms with Gasteiger partial charge in [-0.3, -0.25) is 14.9 Å². The van der Waals surface area contributed by atoms with Crippen molar-refractivity contribution in [2.24, 2.45) is 0 Å². The Balaban J connectivity index is 1.53. The molecule has 0 bridgehead atoms. The Hall–Kier alpha value is -3.74. The molecule has 0 fully saturated rings. The second kappa shape index (κ2) is 6.40. The van der Waals surface area contributed by atoms with Gasteiger partial charge >= 0.3 is 0 Å². The van der Waals surface area contributed by atoms with E-state index in [0.717, 1.165) is 22.2 Å². The molecule has 25 heavy (non-hydrogen) atoms. The molecule has 7 nitrogen and oxygen atoms in total. The van der Waals surface area contributed by atoms with Crippen LogP contribution in [0.25, 0.3) is 28.3 Å². The van der Waals surface area contributed by atoms with Crippen LogP contribution in [-0.2, 0) is 4.79 Å². The topological polar surface area (TPSA) is 96.7 Å². The van der Waals surface area contributed by atoms with E-state index in [9.17, 15) is 4.79 Å². The van der Waals surface area contributed by atoms with Crippen molar-refractivity contribution < 1.29 is 9.21 Å². The highest BCUT2D eigenvalue weighted by atomic mass is 16.3. The minimum Gasteiger partial charge on any atom is -0.443 e. The van der Waals surface area contributed by atoms with Crippen LogP contribution in [-0.4, -0.2) is 26.1 Å². The number of carbonyl (C=O) groups excluding carboxylic acids is 1. The fourth-order valence-corrected chi connectivity index (χ4v) is 2.48. The number of rotatable bonds is 4. The number of aromatic amines is 1. The first-order valence-electron chi connectivity index (χ1n) is 7.55. The van der Waals surface area contributed by atoms with Gasteiger partial charge in [-0.1, -0.05) is 0 Å². The summed E-state index contributed by atoms with van der Waals surface area (Å²) in [6.07, 6.45) is 11.5. The number of H-pyrrole nitrogens is 1. The summed E-state index contributed by atoms with van der Waals surface area (Å²) in [6, 6.07) is 7.17. The summed E-state index contributed by atoms with van der Waals surface area (Å²) in [6.45, 7) is 0. The predicted octanol–water partition coefficient (Wildman–Crippen LogP) is 3.26. The third-order valence-electron chi connectivity index (χ3n) is 3.67. The first-order valence-corrected chi connectivity index (χ1v) is 7.55. The van der Waals surface area contributed by atoms with Crippen molar-refractivity contribution in [1.82, 2.24) is 20.2 Å². The van der Waals surface area contributed by atoms with Crippen molar-refractivity contribution in [3.8, 4) is 11.1 Å². The summed E-state index contributed by atoms with van der Waals surface area (Å²) in [4.78, 5) is 20.3. The highest BCUT2D eigenvalue weighted by Crippen LogP contribution is 2.23. The Bertz CT molecular complexity index is 1050. The van der Waals surface area contributed by atoms with Crippen molar-refractivity contribution >= 4 is 28.8 Å². The van der Waals surface area contributed by atoms with Crippen LogP contribution in [0.3, 0.4) is 0 Å². The van der Waals surface area contributed by atoms with Crippen LogP contribution >= 0.6 is 0 Å². The lowest BCUT2D eigenvalue weighted by Crippen LogP contribution is -2.07. The Morgan fingerprint density at radius 2 is 2.20 bits per heavy atom. The first kappa shape index (κ1) is 14.8. The number of benzene rings is 1. The average Bonchev–Trinajstić information content (AvgIpc) is 3.31. The molecule has 0 saturated heterocycles.